The fourth-order valence-corrected chi connectivity index (χ4v) is 5.06. The number of amides is 1. The molecular formula is C28H36ClN3O5. The van der Waals surface area contributed by atoms with Crippen molar-refractivity contribution in [3.8, 4) is 0 Å². The Hall–Kier alpha value is -2.78. The molecule has 2 atom stereocenters. The summed E-state index contributed by atoms with van der Waals surface area (Å²) in [5, 5.41) is 12.1. The van der Waals surface area contributed by atoms with Gasteiger partial charge in [-0.05, 0) is 68.3 Å². The molecule has 1 aromatic carbocycles. The number of benzene rings is 1. The molecule has 2 N–H and O–H groups in total. The molecule has 2 aromatic rings. The average molecular weight is 530 g/mol. The van der Waals surface area contributed by atoms with Gasteiger partial charge in [0, 0.05) is 48.4 Å². The lowest BCUT2D eigenvalue weighted by Gasteiger charge is -2.35. The second-order valence-corrected chi connectivity index (χ2v) is 9.79. The van der Waals surface area contributed by atoms with Crippen molar-refractivity contribution < 1.29 is 24.1 Å². The third kappa shape index (κ3) is 6.57. The first-order valence-electron chi connectivity index (χ1n) is 12.7. The van der Waals surface area contributed by atoms with Crippen LogP contribution in [0.5, 0.6) is 0 Å². The SMILES string of the molecule is CCOC(=O)N1CCc2c([nH]c3ccc(Cl)cc23)C1C1=CCC=C(OCC(O)CN(C)CCOC)C=C1. The number of aromatic nitrogens is 1. The molecule has 2 heterocycles. The number of fused-ring (bicyclic) bond motifs is 3. The van der Waals surface area contributed by atoms with Gasteiger partial charge in [-0.2, -0.15) is 0 Å². The molecule has 2 unspecified atom stereocenters. The number of aliphatic hydroxyl groups is 1. The fourth-order valence-electron chi connectivity index (χ4n) is 4.89. The largest absolute Gasteiger partial charge is 0.491 e. The lowest BCUT2D eigenvalue weighted by molar-refractivity contribution is 0.0458. The predicted molar refractivity (Wildman–Crippen MR) is 145 cm³/mol. The van der Waals surface area contributed by atoms with Gasteiger partial charge < -0.3 is 29.2 Å². The number of aromatic amines is 1. The number of hydrogen-bond acceptors (Lipinski definition) is 6. The van der Waals surface area contributed by atoms with Gasteiger partial charge in [-0.1, -0.05) is 23.8 Å². The number of hydrogen-bond donors (Lipinski definition) is 2. The number of nitrogens with zero attached hydrogens (tertiary/aromatic N) is 2. The zero-order valence-corrected chi connectivity index (χ0v) is 22.5. The number of ether oxygens (including phenoxy) is 3. The summed E-state index contributed by atoms with van der Waals surface area (Å²) in [6.07, 6.45) is 8.36. The Kier molecular flexibility index (Phi) is 9.32. The number of carbonyl (C=O) groups excluding carboxylic acids is 1. The van der Waals surface area contributed by atoms with Gasteiger partial charge in [0.05, 0.1) is 13.2 Å². The summed E-state index contributed by atoms with van der Waals surface area (Å²) in [7, 11) is 3.60. The Labute approximate surface area is 223 Å². The molecule has 0 radical (unpaired) electrons. The van der Waals surface area contributed by atoms with Gasteiger partial charge in [0.1, 0.15) is 24.5 Å². The van der Waals surface area contributed by atoms with E-state index in [1.807, 2.05) is 55.3 Å². The number of allylic oxidation sites excluding steroid dienone is 3. The highest BCUT2D eigenvalue weighted by atomic mass is 35.5. The Morgan fingerprint density at radius 3 is 2.95 bits per heavy atom. The molecule has 8 nitrogen and oxygen atoms in total. The van der Waals surface area contributed by atoms with Crippen molar-refractivity contribution in [2.45, 2.75) is 31.9 Å². The second kappa shape index (κ2) is 12.6. The number of methoxy groups -OCH3 is 1. The maximum Gasteiger partial charge on any atom is 0.410 e. The van der Waals surface area contributed by atoms with E-state index in [4.69, 9.17) is 25.8 Å². The van der Waals surface area contributed by atoms with Crippen LogP contribution >= 0.6 is 11.6 Å². The number of nitrogens with one attached hydrogen (secondary N) is 1. The molecule has 4 rings (SSSR count). The highest BCUT2D eigenvalue weighted by molar-refractivity contribution is 6.31. The molecule has 37 heavy (non-hydrogen) atoms. The molecule has 1 aromatic heterocycles. The van der Waals surface area contributed by atoms with Crippen LogP contribution in [0.15, 0.2) is 53.8 Å². The van der Waals surface area contributed by atoms with Gasteiger partial charge in [0.15, 0.2) is 0 Å². The van der Waals surface area contributed by atoms with E-state index in [1.165, 1.54) is 5.56 Å². The Morgan fingerprint density at radius 1 is 1.32 bits per heavy atom. The molecular weight excluding hydrogens is 494 g/mol. The zero-order valence-electron chi connectivity index (χ0n) is 21.7. The van der Waals surface area contributed by atoms with E-state index < -0.39 is 6.10 Å². The van der Waals surface area contributed by atoms with Gasteiger partial charge >= 0.3 is 6.09 Å². The van der Waals surface area contributed by atoms with E-state index in [1.54, 1.807) is 12.0 Å². The average Bonchev–Trinajstić information content (AvgIpc) is 3.07. The number of halogens is 1. The van der Waals surface area contributed by atoms with Crippen molar-refractivity contribution in [1.82, 2.24) is 14.8 Å². The summed E-state index contributed by atoms with van der Waals surface area (Å²) in [5.41, 5.74) is 4.12. The standard InChI is InChI=1S/C28H36ClN3O5/c1-4-36-28(34)32-13-12-23-24-16-20(29)9-11-25(24)30-26(23)27(32)19-6-5-7-22(10-8-19)37-18-21(33)17-31(2)14-15-35-3/h6-11,16,21,27,30,33H,4-5,12-15,17-18H2,1-3H3. The molecule has 1 amide bonds. The van der Waals surface area contributed by atoms with Gasteiger partial charge in [-0.3, -0.25) is 4.90 Å². The van der Waals surface area contributed by atoms with Crippen LogP contribution in [0, 0.1) is 0 Å². The van der Waals surface area contributed by atoms with Gasteiger partial charge in [0.25, 0.3) is 0 Å². The van der Waals surface area contributed by atoms with Crippen LogP contribution in [0.4, 0.5) is 4.79 Å². The van der Waals surface area contributed by atoms with Gasteiger partial charge in [-0.15, -0.1) is 0 Å². The topological polar surface area (TPSA) is 87.3 Å². The van der Waals surface area contributed by atoms with E-state index in [9.17, 15) is 9.90 Å². The number of likely N-dealkylation sites (N-methyl/N-ethyl adjacent to an activating group) is 1. The summed E-state index contributed by atoms with van der Waals surface area (Å²) >= 11 is 6.30. The van der Waals surface area contributed by atoms with Gasteiger partial charge in [0.2, 0.25) is 0 Å². The normalized spacial score (nSPS) is 18.3. The maximum absolute atomic E-state index is 13.0. The van der Waals surface area contributed by atoms with E-state index >= 15 is 0 Å². The molecule has 1 aliphatic carbocycles. The Morgan fingerprint density at radius 2 is 2.16 bits per heavy atom. The van der Waals surface area contributed by atoms with Crippen molar-refractivity contribution in [2.24, 2.45) is 0 Å². The summed E-state index contributed by atoms with van der Waals surface area (Å²) in [4.78, 5) is 20.3. The molecule has 0 saturated heterocycles. The van der Waals surface area contributed by atoms with E-state index in [2.05, 4.69) is 11.1 Å². The van der Waals surface area contributed by atoms with Crippen molar-refractivity contribution in [3.63, 3.8) is 0 Å². The van der Waals surface area contributed by atoms with Crippen LogP contribution in [-0.4, -0.2) is 85.7 Å². The first kappa shape index (κ1) is 27.3. The number of aliphatic hydroxyl groups excluding tert-OH is 1. The summed E-state index contributed by atoms with van der Waals surface area (Å²) in [5.74, 6) is 0.687. The first-order chi connectivity index (χ1) is 17.9. The minimum absolute atomic E-state index is 0.189. The molecule has 200 valence electrons. The van der Waals surface area contributed by atoms with Gasteiger partial charge in [-0.25, -0.2) is 4.79 Å². The molecule has 0 bridgehead atoms. The monoisotopic (exact) mass is 529 g/mol. The van der Waals surface area contributed by atoms with Crippen molar-refractivity contribution in [2.75, 3.05) is 53.6 Å². The molecule has 9 heteroatoms. The van der Waals surface area contributed by atoms with Crippen LogP contribution < -0.4 is 0 Å². The quantitative estimate of drug-likeness (QED) is 0.467. The minimum Gasteiger partial charge on any atom is -0.491 e. The van der Waals surface area contributed by atoms with Crippen LogP contribution in [0.2, 0.25) is 5.02 Å². The molecule has 0 fully saturated rings. The molecule has 0 spiro atoms. The van der Waals surface area contributed by atoms with Crippen molar-refractivity contribution in [1.29, 1.82) is 0 Å². The Bertz CT molecular complexity index is 1190. The second-order valence-electron chi connectivity index (χ2n) is 9.35. The maximum atomic E-state index is 13.0. The highest BCUT2D eigenvalue weighted by Gasteiger charge is 2.36. The van der Waals surface area contributed by atoms with Crippen molar-refractivity contribution in [3.05, 3.63) is 70.1 Å². The molecule has 1 aliphatic heterocycles. The van der Waals surface area contributed by atoms with Crippen molar-refractivity contribution >= 4 is 28.6 Å². The lowest BCUT2D eigenvalue weighted by atomic mass is 9.92. The van der Waals surface area contributed by atoms with Crippen LogP contribution in [0.1, 0.15) is 30.6 Å². The summed E-state index contributed by atoms with van der Waals surface area (Å²) in [6, 6.07) is 5.50. The van der Waals surface area contributed by atoms with E-state index in [0.29, 0.717) is 49.9 Å². The molecule has 0 saturated carbocycles. The number of H-pyrrole nitrogens is 1. The molecule has 2 aliphatic rings. The third-order valence-corrected chi connectivity index (χ3v) is 6.90. The van der Waals surface area contributed by atoms with Crippen LogP contribution in [0.25, 0.3) is 10.9 Å². The minimum atomic E-state index is -0.620. The highest BCUT2D eigenvalue weighted by Crippen LogP contribution is 2.40. The van der Waals surface area contributed by atoms with Crippen LogP contribution in [-0.2, 0) is 20.6 Å². The first-order valence-corrected chi connectivity index (χ1v) is 13.1. The fraction of sp³-hybridized carbons (Fsp3) is 0.464. The Balaban J connectivity index is 1.52. The third-order valence-electron chi connectivity index (χ3n) is 6.66. The predicted octanol–water partition coefficient (Wildman–Crippen LogP) is 4.60. The summed E-state index contributed by atoms with van der Waals surface area (Å²) < 4.78 is 16.4. The van der Waals surface area contributed by atoms with E-state index in [0.717, 1.165) is 28.7 Å². The number of carbonyl (C=O) groups is 1. The lowest BCUT2D eigenvalue weighted by Crippen LogP contribution is -2.41. The van der Waals surface area contributed by atoms with E-state index in [-0.39, 0.29) is 18.7 Å². The summed E-state index contributed by atoms with van der Waals surface area (Å²) in [6.45, 7) is 4.71. The van der Waals surface area contributed by atoms with Crippen LogP contribution in [0.3, 0.4) is 0 Å². The number of rotatable bonds is 10. The zero-order chi connectivity index (χ0) is 26.4. The smallest absolute Gasteiger partial charge is 0.410 e.